The normalized spacial score (nSPS) is 12.2. The van der Waals surface area contributed by atoms with Gasteiger partial charge in [0.05, 0.1) is 0 Å². The molecule has 40 heavy (non-hydrogen) atoms. The van der Waals surface area contributed by atoms with E-state index in [1.165, 1.54) is 173 Å². The predicted molar refractivity (Wildman–Crippen MR) is 186 cm³/mol. The molecule has 0 radical (unpaired) electrons. The van der Waals surface area contributed by atoms with Crippen LogP contribution in [-0.2, 0) is 0 Å². The smallest absolute Gasteiger partial charge is 0.247 e. The number of pyridine rings is 1. The fourth-order valence-electron chi connectivity index (χ4n) is 6.09. The molecule has 0 aromatic carbocycles. The Bertz CT molecular complexity index is 643. The van der Waals surface area contributed by atoms with Crippen LogP contribution >= 0.6 is 9.24 Å². The zero-order valence-corrected chi connectivity index (χ0v) is 28.9. The summed E-state index contributed by atoms with van der Waals surface area (Å²) in [7, 11) is 3.49. The summed E-state index contributed by atoms with van der Waals surface area (Å²) >= 11 is 0. The molecule has 0 aliphatic heterocycles. The zero-order chi connectivity index (χ0) is 29.6. The maximum Gasteiger partial charge on any atom is 0.247 e. The monoisotopic (exact) mass is 578 g/mol. The molecule has 0 spiro atoms. The second-order valence-corrected chi connectivity index (χ2v) is 13.7. The standard InChI is InChI=1S/C32H67P.C5H5NO/c1-5-9-13-17-18-19-20-21-22-24-28-31(27-23-14-10-6-2)32(33,29-25-15-11-7-3)30-26-16-12-8-4;7-5-3-1-2-4-6-5/h31H,5-30,33H2,1-4H3;1-4H,(H,6,7). The van der Waals surface area contributed by atoms with E-state index >= 15 is 0 Å². The third-order valence-electron chi connectivity index (χ3n) is 8.80. The van der Waals surface area contributed by atoms with Crippen LogP contribution < -0.4 is 5.56 Å². The first-order valence-corrected chi connectivity index (χ1v) is 18.5. The quantitative estimate of drug-likeness (QED) is 0.0818. The number of aromatic amines is 1. The van der Waals surface area contributed by atoms with Crippen molar-refractivity contribution in [2.45, 2.75) is 200 Å². The third kappa shape index (κ3) is 24.0. The van der Waals surface area contributed by atoms with E-state index in [1.54, 1.807) is 18.3 Å². The summed E-state index contributed by atoms with van der Waals surface area (Å²) in [5.41, 5.74) is -0.0532. The van der Waals surface area contributed by atoms with E-state index < -0.39 is 0 Å². The highest BCUT2D eigenvalue weighted by Gasteiger charge is 2.32. The Morgan fingerprint density at radius 2 is 0.950 bits per heavy atom. The first-order chi connectivity index (χ1) is 19.5. The SMILES string of the molecule is CCCCCCCCCCCCC(CCCCCC)C(P)(CCCCCC)CCCCCC.O=c1cccc[nH]1. The van der Waals surface area contributed by atoms with E-state index in [1.807, 2.05) is 0 Å². The first-order valence-electron chi connectivity index (χ1n) is 18.0. The van der Waals surface area contributed by atoms with Crippen LogP contribution in [0.3, 0.4) is 0 Å². The van der Waals surface area contributed by atoms with Gasteiger partial charge in [-0.1, -0.05) is 175 Å². The lowest BCUT2D eigenvalue weighted by Crippen LogP contribution is -2.32. The van der Waals surface area contributed by atoms with E-state index in [0.717, 1.165) is 5.92 Å². The predicted octanol–water partition coefficient (Wildman–Crippen LogP) is 12.8. The van der Waals surface area contributed by atoms with Gasteiger partial charge in [0.25, 0.3) is 0 Å². The average Bonchev–Trinajstić information content (AvgIpc) is 2.96. The molecule has 1 rings (SSSR count). The second kappa shape index (κ2) is 29.9. The van der Waals surface area contributed by atoms with Gasteiger partial charge in [0.15, 0.2) is 0 Å². The van der Waals surface area contributed by atoms with Gasteiger partial charge in [0, 0.05) is 12.3 Å². The zero-order valence-electron chi connectivity index (χ0n) is 27.8. The van der Waals surface area contributed by atoms with Gasteiger partial charge in [-0.25, -0.2) is 0 Å². The molecule has 0 amide bonds. The van der Waals surface area contributed by atoms with Crippen LogP contribution in [0.1, 0.15) is 195 Å². The first kappa shape index (κ1) is 39.4. The van der Waals surface area contributed by atoms with Gasteiger partial charge < -0.3 is 4.98 Å². The van der Waals surface area contributed by atoms with Gasteiger partial charge in [-0.3, -0.25) is 4.79 Å². The van der Waals surface area contributed by atoms with Gasteiger partial charge in [-0.15, -0.1) is 9.24 Å². The lowest BCUT2D eigenvalue weighted by atomic mass is 9.77. The molecule has 2 unspecified atom stereocenters. The number of nitrogens with one attached hydrogen (secondary N) is 1. The van der Waals surface area contributed by atoms with E-state index in [0.29, 0.717) is 5.16 Å². The number of H-pyrrole nitrogens is 1. The van der Waals surface area contributed by atoms with Crippen LogP contribution in [-0.4, -0.2) is 10.1 Å². The summed E-state index contributed by atoms with van der Waals surface area (Å²) in [5.74, 6) is 0.941. The van der Waals surface area contributed by atoms with Gasteiger partial charge in [0.2, 0.25) is 5.56 Å². The van der Waals surface area contributed by atoms with E-state index in [4.69, 9.17) is 0 Å². The molecule has 0 saturated heterocycles. The molecule has 2 atom stereocenters. The Morgan fingerprint density at radius 3 is 1.30 bits per heavy atom. The summed E-state index contributed by atoms with van der Waals surface area (Å²) in [4.78, 5) is 12.7. The van der Waals surface area contributed by atoms with Crippen molar-refractivity contribution in [1.29, 1.82) is 0 Å². The van der Waals surface area contributed by atoms with Crippen LogP contribution in [0, 0.1) is 5.92 Å². The van der Waals surface area contributed by atoms with Crippen LogP contribution in [0.25, 0.3) is 0 Å². The molecule has 0 fully saturated rings. The molecule has 1 aromatic rings. The largest absolute Gasteiger partial charge is 0.329 e. The Labute approximate surface area is 254 Å². The second-order valence-electron chi connectivity index (χ2n) is 12.6. The summed E-state index contributed by atoms with van der Waals surface area (Å²) in [5, 5.41) is 0.521. The van der Waals surface area contributed by atoms with Crippen molar-refractivity contribution < 1.29 is 0 Å². The van der Waals surface area contributed by atoms with E-state index in [2.05, 4.69) is 41.9 Å². The minimum Gasteiger partial charge on any atom is -0.329 e. The van der Waals surface area contributed by atoms with E-state index in [9.17, 15) is 4.79 Å². The van der Waals surface area contributed by atoms with Crippen LogP contribution in [0.5, 0.6) is 0 Å². The molecule has 1 heterocycles. The fraction of sp³-hybridized carbons (Fsp3) is 0.865. The van der Waals surface area contributed by atoms with Crippen molar-refractivity contribution in [2.75, 3.05) is 0 Å². The molecule has 3 heteroatoms. The highest BCUT2D eigenvalue weighted by atomic mass is 31.0. The van der Waals surface area contributed by atoms with Gasteiger partial charge >= 0.3 is 0 Å². The molecule has 0 aliphatic carbocycles. The van der Waals surface area contributed by atoms with Crippen LogP contribution in [0.15, 0.2) is 29.2 Å². The van der Waals surface area contributed by atoms with E-state index in [-0.39, 0.29) is 5.56 Å². The van der Waals surface area contributed by atoms with Crippen LogP contribution in [0.2, 0.25) is 0 Å². The average molecular weight is 578 g/mol. The number of hydrogen-bond donors (Lipinski definition) is 1. The minimum absolute atomic E-state index is 0.0532. The molecule has 236 valence electrons. The Hall–Kier alpha value is -0.620. The van der Waals surface area contributed by atoms with Gasteiger partial charge in [0.1, 0.15) is 0 Å². The molecule has 2 nitrogen and oxygen atoms in total. The van der Waals surface area contributed by atoms with Crippen molar-refractivity contribution in [2.24, 2.45) is 5.92 Å². The van der Waals surface area contributed by atoms with Gasteiger partial charge in [-0.05, 0) is 42.8 Å². The molecular formula is C37H72NOP. The van der Waals surface area contributed by atoms with Crippen molar-refractivity contribution in [3.8, 4) is 0 Å². The topological polar surface area (TPSA) is 32.9 Å². The van der Waals surface area contributed by atoms with Crippen molar-refractivity contribution >= 4 is 9.24 Å². The lowest BCUT2D eigenvalue weighted by molar-refractivity contribution is 0.270. The summed E-state index contributed by atoms with van der Waals surface area (Å²) in [6.45, 7) is 9.36. The Morgan fingerprint density at radius 1 is 0.575 bits per heavy atom. The van der Waals surface area contributed by atoms with Gasteiger partial charge in [-0.2, -0.15) is 0 Å². The summed E-state index contributed by atoms with van der Waals surface area (Å²) < 4.78 is 0. The third-order valence-corrected chi connectivity index (χ3v) is 9.85. The Balaban J connectivity index is 0.00000187. The minimum atomic E-state index is -0.0532. The summed E-state index contributed by atoms with van der Waals surface area (Å²) in [6.07, 6.45) is 39.2. The highest BCUT2D eigenvalue weighted by molar-refractivity contribution is 7.19. The summed E-state index contributed by atoms with van der Waals surface area (Å²) in [6, 6.07) is 4.93. The highest BCUT2D eigenvalue weighted by Crippen LogP contribution is 2.44. The maximum atomic E-state index is 10.2. The molecule has 1 N–H and O–H groups in total. The Kier molecular flexibility index (Phi) is 29.4. The number of rotatable bonds is 27. The van der Waals surface area contributed by atoms with Crippen molar-refractivity contribution in [3.63, 3.8) is 0 Å². The number of aromatic nitrogens is 1. The number of unbranched alkanes of at least 4 members (excludes halogenated alkanes) is 18. The lowest BCUT2D eigenvalue weighted by Gasteiger charge is -2.39. The molecular weight excluding hydrogens is 505 g/mol. The number of hydrogen-bond acceptors (Lipinski definition) is 1. The van der Waals surface area contributed by atoms with Crippen LogP contribution in [0.4, 0.5) is 0 Å². The molecule has 0 saturated carbocycles. The maximum absolute atomic E-state index is 10.2. The molecule has 1 aromatic heterocycles. The molecule has 0 aliphatic rings. The van der Waals surface area contributed by atoms with Crippen molar-refractivity contribution in [3.05, 3.63) is 34.7 Å². The fourth-order valence-corrected chi connectivity index (χ4v) is 6.83. The van der Waals surface area contributed by atoms with Crippen molar-refractivity contribution in [1.82, 2.24) is 4.98 Å². The molecule has 0 bridgehead atoms.